The van der Waals surface area contributed by atoms with Gasteiger partial charge in [0.2, 0.25) is 0 Å². The SMILES string of the molecule is COC(=O)[C@H](CC(=O)c1ccc(OC)cc1)c1cc(=O)oc2c(C)c(OC)ccc12. The van der Waals surface area contributed by atoms with Gasteiger partial charge in [0.25, 0.3) is 0 Å². The van der Waals surface area contributed by atoms with Gasteiger partial charge in [-0.15, -0.1) is 0 Å². The molecule has 0 aliphatic heterocycles. The molecule has 0 radical (unpaired) electrons. The van der Waals surface area contributed by atoms with Gasteiger partial charge in [-0.2, -0.15) is 0 Å². The number of carbonyl (C=O) groups excluding carboxylic acids is 2. The van der Waals surface area contributed by atoms with Crippen LogP contribution in [0.25, 0.3) is 11.0 Å². The van der Waals surface area contributed by atoms with E-state index >= 15 is 0 Å². The van der Waals surface area contributed by atoms with Crippen molar-refractivity contribution in [2.45, 2.75) is 19.3 Å². The first-order valence-electron chi connectivity index (χ1n) is 9.26. The highest BCUT2D eigenvalue weighted by atomic mass is 16.5. The lowest BCUT2D eigenvalue weighted by Gasteiger charge is -2.17. The Kier molecular flexibility index (Phi) is 6.20. The van der Waals surface area contributed by atoms with Crippen molar-refractivity contribution in [3.05, 3.63) is 69.6 Å². The third-order valence-electron chi connectivity index (χ3n) is 5.03. The Labute approximate surface area is 173 Å². The molecule has 0 bridgehead atoms. The van der Waals surface area contributed by atoms with Gasteiger partial charge < -0.3 is 18.6 Å². The number of methoxy groups -OCH3 is 3. The van der Waals surface area contributed by atoms with Gasteiger partial charge in [0, 0.05) is 29.0 Å². The highest BCUT2D eigenvalue weighted by Crippen LogP contribution is 2.33. The van der Waals surface area contributed by atoms with E-state index in [1.807, 2.05) is 0 Å². The molecule has 7 nitrogen and oxygen atoms in total. The number of ether oxygens (including phenoxy) is 3. The van der Waals surface area contributed by atoms with E-state index in [-0.39, 0.29) is 12.2 Å². The second kappa shape index (κ2) is 8.82. The number of aryl methyl sites for hydroxylation is 1. The summed E-state index contributed by atoms with van der Waals surface area (Å²) in [6, 6.07) is 11.3. The number of rotatable bonds is 7. The topological polar surface area (TPSA) is 92.0 Å². The van der Waals surface area contributed by atoms with Crippen molar-refractivity contribution < 1.29 is 28.2 Å². The summed E-state index contributed by atoms with van der Waals surface area (Å²) in [5.74, 6) is -0.681. The first kappa shape index (κ1) is 21.1. The largest absolute Gasteiger partial charge is 0.497 e. The fraction of sp³-hybridized carbons (Fsp3) is 0.261. The minimum Gasteiger partial charge on any atom is -0.497 e. The van der Waals surface area contributed by atoms with Crippen molar-refractivity contribution in [3.63, 3.8) is 0 Å². The Morgan fingerprint density at radius 2 is 1.70 bits per heavy atom. The normalized spacial score (nSPS) is 11.7. The first-order chi connectivity index (χ1) is 14.4. The van der Waals surface area contributed by atoms with Crippen LogP contribution in [-0.2, 0) is 9.53 Å². The van der Waals surface area contributed by atoms with Crippen molar-refractivity contribution in [1.29, 1.82) is 0 Å². The molecule has 0 spiro atoms. The van der Waals surface area contributed by atoms with Crippen molar-refractivity contribution in [3.8, 4) is 11.5 Å². The van der Waals surface area contributed by atoms with Crippen LogP contribution >= 0.6 is 0 Å². The molecular formula is C23H22O7. The van der Waals surface area contributed by atoms with Crippen LogP contribution in [0.1, 0.15) is 33.8 Å². The zero-order chi connectivity index (χ0) is 21.8. The Bertz CT molecular complexity index is 1140. The maximum absolute atomic E-state index is 12.9. The van der Waals surface area contributed by atoms with Crippen molar-refractivity contribution in [1.82, 2.24) is 0 Å². The molecule has 0 aliphatic carbocycles. The van der Waals surface area contributed by atoms with E-state index in [4.69, 9.17) is 18.6 Å². The third kappa shape index (κ3) is 4.05. The maximum atomic E-state index is 12.9. The summed E-state index contributed by atoms with van der Waals surface area (Å²) in [5, 5.41) is 0.547. The van der Waals surface area contributed by atoms with E-state index in [1.165, 1.54) is 27.4 Å². The van der Waals surface area contributed by atoms with E-state index in [2.05, 4.69) is 0 Å². The molecule has 0 N–H and O–H groups in total. The van der Waals surface area contributed by atoms with Gasteiger partial charge in [0.1, 0.15) is 17.1 Å². The average molecular weight is 410 g/mol. The van der Waals surface area contributed by atoms with Crippen molar-refractivity contribution in [2.75, 3.05) is 21.3 Å². The van der Waals surface area contributed by atoms with Gasteiger partial charge in [-0.05, 0) is 48.9 Å². The lowest BCUT2D eigenvalue weighted by molar-refractivity contribution is -0.142. The summed E-state index contributed by atoms with van der Waals surface area (Å²) in [6.07, 6.45) is -0.164. The molecule has 1 aromatic heterocycles. The molecule has 0 aliphatic rings. The number of esters is 1. The van der Waals surface area contributed by atoms with Crippen LogP contribution in [0.15, 0.2) is 51.7 Å². The number of ketones is 1. The molecule has 3 rings (SSSR count). The van der Waals surface area contributed by atoms with Crippen LogP contribution < -0.4 is 15.1 Å². The minimum atomic E-state index is -0.969. The molecule has 7 heteroatoms. The number of Topliss-reactive ketones (excluding diaryl/α,β-unsaturated/α-hetero) is 1. The van der Waals surface area contributed by atoms with Crippen LogP contribution in [0.4, 0.5) is 0 Å². The number of benzene rings is 2. The Balaban J connectivity index is 2.08. The van der Waals surface area contributed by atoms with E-state index in [0.29, 0.717) is 39.2 Å². The maximum Gasteiger partial charge on any atom is 0.336 e. The standard InChI is InChI=1S/C23H22O7/c1-13-20(28-3)10-9-16-17(12-21(25)30-22(13)16)18(23(26)29-4)11-19(24)14-5-7-15(27-2)8-6-14/h5-10,12,18H,11H2,1-4H3/t18-/m1/s1. The summed E-state index contributed by atoms with van der Waals surface area (Å²) >= 11 is 0. The van der Waals surface area contributed by atoms with Crippen LogP contribution in [0.2, 0.25) is 0 Å². The first-order valence-corrected chi connectivity index (χ1v) is 9.26. The number of hydrogen-bond donors (Lipinski definition) is 0. The molecule has 0 saturated carbocycles. The summed E-state index contributed by atoms with van der Waals surface area (Å²) in [7, 11) is 4.29. The lowest BCUT2D eigenvalue weighted by atomic mass is 9.89. The second-order valence-corrected chi connectivity index (χ2v) is 6.72. The zero-order valence-electron chi connectivity index (χ0n) is 17.2. The van der Waals surface area contributed by atoms with Gasteiger partial charge in [0.05, 0.1) is 27.2 Å². The van der Waals surface area contributed by atoms with Crippen LogP contribution in [0.3, 0.4) is 0 Å². The van der Waals surface area contributed by atoms with Crippen LogP contribution in [-0.4, -0.2) is 33.1 Å². The number of hydrogen-bond acceptors (Lipinski definition) is 7. The van der Waals surface area contributed by atoms with Gasteiger partial charge in [-0.25, -0.2) is 4.79 Å². The highest BCUT2D eigenvalue weighted by molar-refractivity contribution is 6.00. The van der Waals surface area contributed by atoms with Gasteiger partial charge in [0.15, 0.2) is 5.78 Å². The van der Waals surface area contributed by atoms with Gasteiger partial charge in [-0.3, -0.25) is 9.59 Å². The summed E-state index contributed by atoms with van der Waals surface area (Å²) in [5.41, 5.74) is 1.11. The zero-order valence-corrected chi connectivity index (χ0v) is 17.2. The molecule has 3 aromatic rings. The van der Waals surface area contributed by atoms with Crippen molar-refractivity contribution >= 4 is 22.7 Å². The van der Waals surface area contributed by atoms with Crippen LogP contribution in [0, 0.1) is 6.92 Å². The predicted octanol–water partition coefficient (Wildman–Crippen LogP) is 3.65. The Morgan fingerprint density at radius 3 is 2.30 bits per heavy atom. The molecule has 156 valence electrons. The van der Waals surface area contributed by atoms with E-state index < -0.39 is 17.5 Å². The van der Waals surface area contributed by atoms with Gasteiger partial charge in [-0.1, -0.05) is 0 Å². The molecule has 0 amide bonds. The van der Waals surface area contributed by atoms with E-state index in [9.17, 15) is 14.4 Å². The molecule has 0 unspecified atom stereocenters. The predicted molar refractivity (Wildman–Crippen MR) is 110 cm³/mol. The molecule has 0 fully saturated rings. The van der Waals surface area contributed by atoms with E-state index in [1.54, 1.807) is 43.3 Å². The second-order valence-electron chi connectivity index (χ2n) is 6.72. The third-order valence-corrected chi connectivity index (χ3v) is 5.03. The lowest BCUT2D eigenvalue weighted by Crippen LogP contribution is -2.20. The monoisotopic (exact) mass is 410 g/mol. The minimum absolute atomic E-state index is 0.164. The molecule has 0 saturated heterocycles. The fourth-order valence-electron chi connectivity index (χ4n) is 3.42. The number of carbonyl (C=O) groups is 2. The Hall–Kier alpha value is -3.61. The van der Waals surface area contributed by atoms with Crippen LogP contribution in [0.5, 0.6) is 11.5 Å². The fourth-order valence-corrected chi connectivity index (χ4v) is 3.42. The van der Waals surface area contributed by atoms with Gasteiger partial charge >= 0.3 is 11.6 Å². The average Bonchev–Trinajstić information content (AvgIpc) is 2.77. The van der Waals surface area contributed by atoms with E-state index in [0.717, 1.165) is 0 Å². The molecule has 1 heterocycles. The van der Waals surface area contributed by atoms with Crippen molar-refractivity contribution in [2.24, 2.45) is 0 Å². The quantitative estimate of drug-likeness (QED) is 0.333. The smallest absolute Gasteiger partial charge is 0.336 e. The summed E-state index contributed by atoms with van der Waals surface area (Å²) < 4.78 is 20.7. The molecule has 1 atom stereocenters. The highest BCUT2D eigenvalue weighted by Gasteiger charge is 2.28. The molecular weight excluding hydrogens is 388 g/mol. The number of fused-ring (bicyclic) bond motifs is 1. The molecule has 30 heavy (non-hydrogen) atoms. The summed E-state index contributed by atoms with van der Waals surface area (Å²) in [4.78, 5) is 37.7. The summed E-state index contributed by atoms with van der Waals surface area (Å²) in [6.45, 7) is 1.75. The Morgan fingerprint density at radius 1 is 1.00 bits per heavy atom. The molecule has 2 aromatic carbocycles.